The number of nitrogens with zero attached hydrogens (tertiary/aromatic N) is 4. The van der Waals surface area contributed by atoms with Gasteiger partial charge >= 0.3 is 0 Å². The van der Waals surface area contributed by atoms with Gasteiger partial charge in [0, 0.05) is 63.0 Å². The summed E-state index contributed by atoms with van der Waals surface area (Å²) in [5, 5.41) is 3.99. The molecule has 2 aliphatic rings. The molecule has 188 valence electrons. The third-order valence-corrected chi connectivity index (χ3v) is 8.12. The maximum atomic E-state index is 12.9. The molecule has 5 rings (SSSR count). The van der Waals surface area contributed by atoms with Crippen molar-refractivity contribution >= 4 is 23.2 Å². The van der Waals surface area contributed by atoms with E-state index in [4.69, 9.17) is 0 Å². The van der Waals surface area contributed by atoms with Crippen LogP contribution in [0.3, 0.4) is 0 Å². The molecule has 8 heteroatoms. The van der Waals surface area contributed by atoms with Crippen molar-refractivity contribution in [2.45, 2.75) is 25.4 Å². The van der Waals surface area contributed by atoms with E-state index in [1.54, 1.807) is 6.20 Å². The zero-order valence-corrected chi connectivity index (χ0v) is 21.5. The number of piperazine rings is 1. The second-order valence-electron chi connectivity index (χ2n) is 9.71. The fourth-order valence-corrected chi connectivity index (χ4v) is 5.62. The highest BCUT2D eigenvalue weighted by Gasteiger charge is 2.23. The van der Waals surface area contributed by atoms with E-state index in [9.17, 15) is 9.59 Å². The Bertz CT molecular complexity index is 1160. The number of benzene rings is 2. The number of hydrogen-bond donors (Lipinski definition) is 1. The molecule has 0 radical (unpaired) electrons. The van der Waals surface area contributed by atoms with Crippen LogP contribution in [0.25, 0.3) is 10.6 Å². The van der Waals surface area contributed by atoms with Crippen molar-refractivity contribution in [2.24, 2.45) is 0 Å². The summed E-state index contributed by atoms with van der Waals surface area (Å²) in [4.78, 5) is 37.3. The van der Waals surface area contributed by atoms with Crippen molar-refractivity contribution in [1.82, 2.24) is 25.0 Å². The van der Waals surface area contributed by atoms with Gasteiger partial charge < -0.3 is 15.1 Å². The highest BCUT2D eigenvalue weighted by Crippen LogP contribution is 2.26. The molecule has 2 saturated heterocycles. The lowest BCUT2D eigenvalue weighted by atomic mass is 10.0. The minimum absolute atomic E-state index is 0.0536. The molecule has 1 aromatic heterocycles. The molecular formula is C28H33N5O2S. The number of carbonyl (C=O) groups is 2. The molecule has 2 aromatic carbocycles. The highest BCUT2D eigenvalue weighted by atomic mass is 32.1. The van der Waals surface area contributed by atoms with Gasteiger partial charge in [-0.05, 0) is 37.6 Å². The predicted molar refractivity (Wildman–Crippen MR) is 143 cm³/mol. The first-order chi connectivity index (χ1) is 17.5. The Morgan fingerprint density at radius 1 is 0.944 bits per heavy atom. The first kappa shape index (κ1) is 24.6. The van der Waals surface area contributed by atoms with Gasteiger partial charge in [-0.2, -0.15) is 0 Å². The summed E-state index contributed by atoms with van der Waals surface area (Å²) in [5.74, 6) is 0.0193. The summed E-state index contributed by atoms with van der Waals surface area (Å²) in [6.45, 7) is 6.24. The zero-order valence-electron chi connectivity index (χ0n) is 20.7. The average Bonchev–Trinajstić information content (AvgIpc) is 3.41. The number of amides is 2. The highest BCUT2D eigenvalue weighted by molar-refractivity contribution is 7.16. The molecule has 2 amide bonds. The number of carbonyl (C=O) groups excluding carboxylic acids is 2. The predicted octanol–water partition coefficient (Wildman–Crippen LogP) is 3.59. The molecule has 0 unspecified atom stereocenters. The largest absolute Gasteiger partial charge is 0.348 e. The summed E-state index contributed by atoms with van der Waals surface area (Å²) < 4.78 is 0. The maximum Gasteiger partial charge on any atom is 0.263 e. The summed E-state index contributed by atoms with van der Waals surface area (Å²) in [6, 6.07) is 18.3. The molecule has 3 heterocycles. The lowest BCUT2D eigenvalue weighted by molar-refractivity contribution is 0.0664. The summed E-state index contributed by atoms with van der Waals surface area (Å²) in [7, 11) is 2.08. The van der Waals surface area contributed by atoms with Crippen LogP contribution in [0.2, 0.25) is 0 Å². The lowest BCUT2D eigenvalue weighted by Gasteiger charge is -2.32. The fourth-order valence-electron chi connectivity index (χ4n) is 4.79. The maximum absolute atomic E-state index is 12.9. The van der Waals surface area contributed by atoms with Crippen LogP contribution in [-0.4, -0.2) is 83.9 Å². The number of likely N-dealkylation sites (tertiary alicyclic amines) is 1. The molecule has 1 N–H and O–H groups in total. The lowest BCUT2D eigenvalue weighted by Crippen LogP contribution is -2.47. The third kappa shape index (κ3) is 6.00. The van der Waals surface area contributed by atoms with Crippen LogP contribution < -0.4 is 5.32 Å². The van der Waals surface area contributed by atoms with E-state index in [1.165, 1.54) is 16.9 Å². The number of piperidine rings is 1. The van der Waals surface area contributed by atoms with Crippen molar-refractivity contribution in [2.75, 3.05) is 46.3 Å². The molecule has 0 spiro atoms. The number of likely N-dealkylation sites (N-methyl/N-ethyl adjacent to an activating group) is 1. The van der Waals surface area contributed by atoms with Gasteiger partial charge in [0.15, 0.2) is 0 Å². The first-order valence-corrected chi connectivity index (χ1v) is 13.5. The van der Waals surface area contributed by atoms with Gasteiger partial charge in [-0.15, -0.1) is 11.3 Å². The molecular weight excluding hydrogens is 470 g/mol. The van der Waals surface area contributed by atoms with Crippen LogP contribution in [0.15, 0.2) is 60.8 Å². The van der Waals surface area contributed by atoms with Crippen LogP contribution in [0.1, 0.15) is 38.4 Å². The molecule has 3 aromatic rings. The zero-order chi connectivity index (χ0) is 24.9. The van der Waals surface area contributed by atoms with Crippen LogP contribution in [-0.2, 0) is 6.54 Å². The number of nitrogens with one attached hydrogen (secondary N) is 1. The molecule has 2 fully saturated rings. The standard InChI is InChI=1S/C28H33N5O2S/c1-31-15-17-33(18-16-31)28(35)23-9-7-22(8-10-23)27-29-19-25(36-27)26(34)30-24-11-13-32(14-12-24)20-21-5-3-2-4-6-21/h2-10,19,24H,11-18,20H2,1H3,(H,30,34). The van der Waals surface area contributed by atoms with Crippen molar-refractivity contribution in [1.29, 1.82) is 0 Å². The van der Waals surface area contributed by atoms with Gasteiger partial charge in [-0.3, -0.25) is 14.5 Å². The van der Waals surface area contributed by atoms with E-state index in [0.717, 1.165) is 69.2 Å². The average molecular weight is 504 g/mol. The molecule has 0 saturated carbocycles. The van der Waals surface area contributed by atoms with E-state index < -0.39 is 0 Å². The smallest absolute Gasteiger partial charge is 0.263 e. The Labute approximate surface area is 216 Å². The van der Waals surface area contributed by atoms with E-state index in [2.05, 4.69) is 51.4 Å². The molecule has 0 bridgehead atoms. The van der Waals surface area contributed by atoms with Crippen LogP contribution in [0.5, 0.6) is 0 Å². The van der Waals surface area contributed by atoms with E-state index in [1.807, 2.05) is 35.2 Å². The Kier molecular flexibility index (Phi) is 7.75. The van der Waals surface area contributed by atoms with Crippen LogP contribution in [0, 0.1) is 0 Å². The normalized spacial score (nSPS) is 17.8. The second kappa shape index (κ2) is 11.3. The Hall–Kier alpha value is -3.07. The summed E-state index contributed by atoms with van der Waals surface area (Å²) in [6.07, 6.45) is 3.56. The third-order valence-electron chi connectivity index (χ3n) is 7.07. The summed E-state index contributed by atoms with van der Waals surface area (Å²) in [5.41, 5.74) is 2.94. The van der Waals surface area contributed by atoms with Gasteiger partial charge in [0.05, 0.1) is 6.20 Å². The minimum atomic E-state index is -0.0536. The van der Waals surface area contributed by atoms with Crippen molar-refractivity contribution in [3.63, 3.8) is 0 Å². The molecule has 7 nitrogen and oxygen atoms in total. The quantitative estimate of drug-likeness (QED) is 0.557. The SMILES string of the molecule is CN1CCN(C(=O)c2ccc(-c3ncc(C(=O)NC4CCN(Cc5ccccc5)CC4)s3)cc2)CC1. The Morgan fingerprint density at radius 3 is 2.33 bits per heavy atom. The Balaban J connectivity index is 1.13. The van der Waals surface area contributed by atoms with Gasteiger partial charge in [-0.25, -0.2) is 4.98 Å². The molecule has 2 aliphatic heterocycles. The molecule has 0 atom stereocenters. The van der Waals surface area contributed by atoms with Gasteiger partial charge in [0.2, 0.25) is 0 Å². The van der Waals surface area contributed by atoms with Gasteiger partial charge in [0.25, 0.3) is 11.8 Å². The minimum Gasteiger partial charge on any atom is -0.348 e. The topological polar surface area (TPSA) is 68.8 Å². The number of rotatable bonds is 6. The second-order valence-corrected chi connectivity index (χ2v) is 10.7. The van der Waals surface area contributed by atoms with E-state index in [-0.39, 0.29) is 17.9 Å². The molecule has 0 aliphatic carbocycles. The number of aromatic nitrogens is 1. The molecule has 36 heavy (non-hydrogen) atoms. The monoisotopic (exact) mass is 503 g/mol. The van der Waals surface area contributed by atoms with Gasteiger partial charge in [-0.1, -0.05) is 42.5 Å². The number of thiazole rings is 1. The van der Waals surface area contributed by atoms with Gasteiger partial charge in [0.1, 0.15) is 9.88 Å². The number of hydrogen-bond acceptors (Lipinski definition) is 6. The summed E-state index contributed by atoms with van der Waals surface area (Å²) >= 11 is 1.39. The van der Waals surface area contributed by atoms with Crippen LogP contribution in [0.4, 0.5) is 0 Å². The van der Waals surface area contributed by atoms with E-state index in [0.29, 0.717) is 10.4 Å². The van der Waals surface area contributed by atoms with E-state index >= 15 is 0 Å². The van der Waals surface area contributed by atoms with Crippen molar-refractivity contribution in [3.8, 4) is 10.6 Å². The van der Waals surface area contributed by atoms with Crippen molar-refractivity contribution in [3.05, 3.63) is 76.8 Å². The first-order valence-electron chi connectivity index (χ1n) is 12.7. The fraction of sp³-hybridized carbons (Fsp3) is 0.393. The Morgan fingerprint density at radius 2 is 1.64 bits per heavy atom. The van der Waals surface area contributed by atoms with Crippen LogP contribution >= 0.6 is 11.3 Å². The van der Waals surface area contributed by atoms with Crippen molar-refractivity contribution < 1.29 is 9.59 Å².